The van der Waals surface area contributed by atoms with Crippen molar-refractivity contribution in [3.63, 3.8) is 0 Å². The Hall–Kier alpha value is -0.870. The Morgan fingerprint density at radius 1 is 1.29 bits per heavy atom. The third-order valence-electron chi connectivity index (χ3n) is 3.19. The van der Waals surface area contributed by atoms with Crippen molar-refractivity contribution >= 4 is 32.4 Å². The van der Waals surface area contributed by atoms with E-state index in [0.29, 0.717) is 5.92 Å². The fraction of sp³-hybridized carbons (Fsp3) is 0.308. The molecule has 0 bridgehead atoms. The van der Waals surface area contributed by atoms with E-state index in [4.69, 9.17) is 0 Å². The van der Waals surface area contributed by atoms with Gasteiger partial charge in [-0.05, 0) is 27.9 Å². The topological polar surface area (TPSA) is 16.1 Å². The number of hydrogen-bond donors (Lipinski definition) is 0. The molecule has 0 spiro atoms. The maximum absolute atomic E-state index is 4.48. The first-order valence-electron chi connectivity index (χ1n) is 5.74. The standard InChI is InChI=1S/C13H13BrN2S/c14-12-9-17-13(15-12)16-7-6-11(8-16)10-4-2-1-3-5-10/h1-5,9,11H,6-8H2. The molecule has 1 fully saturated rings. The van der Waals surface area contributed by atoms with Gasteiger partial charge in [0, 0.05) is 24.4 Å². The van der Waals surface area contributed by atoms with Crippen LogP contribution < -0.4 is 4.90 Å². The first kappa shape index (κ1) is 11.2. The van der Waals surface area contributed by atoms with Crippen molar-refractivity contribution in [2.75, 3.05) is 18.0 Å². The van der Waals surface area contributed by atoms with Gasteiger partial charge in [0.25, 0.3) is 0 Å². The summed E-state index contributed by atoms with van der Waals surface area (Å²) in [7, 11) is 0. The smallest absolute Gasteiger partial charge is 0.186 e. The Labute approximate surface area is 113 Å². The van der Waals surface area contributed by atoms with Crippen LogP contribution in [0.3, 0.4) is 0 Å². The minimum absolute atomic E-state index is 0.652. The summed E-state index contributed by atoms with van der Waals surface area (Å²) < 4.78 is 0.945. The fourth-order valence-corrected chi connectivity index (χ4v) is 3.61. The maximum atomic E-state index is 4.48. The van der Waals surface area contributed by atoms with Gasteiger partial charge in [0.2, 0.25) is 0 Å². The molecule has 17 heavy (non-hydrogen) atoms. The first-order chi connectivity index (χ1) is 8.33. The average Bonchev–Trinajstić information content (AvgIpc) is 2.98. The molecule has 0 N–H and O–H groups in total. The number of anilines is 1. The fourth-order valence-electron chi connectivity index (χ4n) is 2.32. The second-order valence-corrected chi connectivity index (χ2v) is 5.94. The van der Waals surface area contributed by atoms with Gasteiger partial charge in [0.15, 0.2) is 5.13 Å². The molecule has 88 valence electrons. The van der Waals surface area contributed by atoms with Crippen LogP contribution in [0, 0.1) is 0 Å². The van der Waals surface area contributed by atoms with Gasteiger partial charge in [-0.25, -0.2) is 4.98 Å². The summed E-state index contributed by atoms with van der Waals surface area (Å²) in [6.07, 6.45) is 1.22. The lowest BCUT2D eigenvalue weighted by atomic mass is 9.99. The largest absolute Gasteiger partial charge is 0.347 e. The second kappa shape index (κ2) is 4.78. The second-order valence-electron chi connectivity index (χ2n) is 4.30. The molecular weight excluding hydrogens is 296 g/mol. The van der Waals surface area contributed by atoms with E-state index in [1.807, 2.05) is 5.38 Å². The van der Waals surface area contributed by atoms with Crippen molar-refractivity contribution < 1.29 is 0 Å². The van der Waals surface area contributed by atoms with E-state index in [0.717, 1.165) is 22.8 Å². The quantitative estimate of drug-likeness (QED) is 0.836. The molecule has 0 saturated carbocycles. The highest BCUT2D eigenvalue weighted by atomic mass is 79.9. The zero-order valence-electron chi connectivity index (χ0n) is 9.34. The average molecular weight is 309 g/mol. The van der Waals surface area contributed by atoms with Crippen molar-refractivity contribution in [1.29, 1.82) is 0 Å². The highest BCUT2D eigenvalue weighted by molar-refractivity contribution is 9.10. The van der Waals surface area contributed by atoms with E-state index >= 15 is 0 Å². The lowest BCUT2D eigenvalue weighted by molar-refractivity contribution is 0.775. The minimum atomic E-state index is 0.652. The van der Waals surface area contributed by atoms with Gasteiger partial charge in [-0.3, -0.25) is 0 Å². The zero-order chi connectivity index (χ0) is 11.7. The molecule has 2 nitrogen and oxygen atoms in total. The van der Waals surface area contributed by atoms with Gasteiger partial charge in [-0.1, -0.05) is 30.3 Å². The molecule has 1 aromatic carbocycles. The van der Waals surface area contributed by atoms with Crippen LogP contribution in [-0.4, -0.2) is 18.1 Å². The van der Waals surface area contributed by atoms with Crippen LogP contribution in [0.2, 0.25) is 0 Å². The Balaban J connectivity index is 1.74. The van der Waals surface area contributed by atoms with Gasteiger partial charge in [0.1, 0.15) is 4.60 Å². The molecule has 1 saturated heterocycles. The molecule has 0 radical (unpaired) electrons. The van der Waals surface area contributed by atoms with E-state index in [2.05, 4.69) is 56.1 Å². The Kier molecular flexibility index (Phi) is 3.16. The van der Waals surface area contributed by atoms with Gasteiger partial charge in [-0.2, -0.15) is 0 Å². The summed E-state index contributed by atoms with van der Waals surface area (Å²) >= 11 is 5.12. The molecule has 4 heteroatoms. The number of halogens is 1. The van der Waals surface area contributed by atoms with Crippen molar-refractivity contribution in [2.24, 2.45) is 0 Å². The van der Waals surface area contributed by atoms with Gasteiger partial charge < -0.3 is 4.90 Å². The molecule has 2 heterocycles. The van der Waals surface area contributed by atoms with Crippen molar-refractivity contribution in [3.05, 3.63) is 45.9 Å². The van der Waals surface area contributed by atoms with Crippen molar-refractivity contribution in [3.8, 4) is 0 Å². The molecule has 2 aromatic rings. The number of aromatic nitrogens is 1. The molecule has 1 unspecified atom stereocenters. The maximum Gasteiger partial charge on any atom is 0.186 e. The lowest BCUT2D eigenvalue weighted by Crippen LogP contribution is -2.18. The van der Waals surface area contributed by atoms with Gasteiger partial charge in [-0.15, -0.1) is 11.3 Å². The Bertz CT molecular complexity index is 497. The number of nitrogens with zero attached hydrogens (tertiary/aromatic N) is 2. The predicted octanol–water partition coefficient (Wildman–Crippen LogP) is 3.90. The summed E-state index contributed by atoms with van der Waals surface area (Å²) in [5.41, 5.74) is 1.45. The summed E-state index contributed by atoms with van der Waals surface area (Å²) in [4.78, 5) is 6.86. The van der Waals surface area contributed by atoms with E-state index in [9.17, 15) is 0 Å². The molecular formula is C13H13BrN2S. The molecule has 1 atom stereocenters. The third-order valence-corrected chi connectivity index (χ3v) is 4.80. The molecule has 0 amide bonds. The Morgan fingerprint density at radius 3 is 2.82 bits per heavy atom. The summed E-state index contributed by atoms with van der Waals surface area (Å²) in [5.74, 6) is 0.652. The minimum Gasteiger partial charge on any atom is -0.347 e. The number of benzene rings is 1. The number of hydrogen-bond acceptors (Lipinski definition) is 3. The van der Waals surface area contributed by atoms with E-state index in [1.54, 1.807) is 11.3 Å². The molecule has 3 rings (SSSR count). The molecule has 1 aliphatic heterocycles. The van der Waals surface area contributed by atoms with E-state index in [1.165, 1.54) is 12.0 Å². The summed E-state index contributed by atoms with van der Waals surface area (Å²) in [6, 6.07) is 10.8. The zero-order valence-corrected chi connectivity index (χ0v) is 11.7. The third kappa shape index (κ3) is 2.38. The monoisotopic (exact) mass is 308 g/mol. The normalized spacial score (nSPS) is 19.8. The first-order valence-corrected chi connectivity index (χ1v) is 7.41. The van der Waals surface area contributed by atoms with Crippen LogP contribution in [0.15, 0.2) is 40.3 Å². The van der Waals surface area contributed by atoms with Gasteiger partial charge in [0.05, 0.1) is 0 Å². The molecule has 1 aromatic heterocycles. The lowest BCUT2D eigenvalue weighted by Gasteiger charge is -2.14. The van der Waals surface area contributed by atoms with Crippen LogP contribution in [0.25, 0.3) is 0 Å². The van der Waals surface area contributed by atoms with Crippen LogP contribution >= 0.6 is 27.3 Å². The van der Waals surface area contributed by atoms with Crippen LogP contribution in [0.5, 0.6) is 0 Å². The summed E-state index contributed by atoms with van der Waals surface area (Å²) in [6.45, 7) is 2.20. The highest BCUT2D eigenvalue weighted by Crippen LogP contribution is 2.32. The number of rotatable bonds is 2. The van der Waals surface area contributed by atoms with E-state index < -0.39 is 0 Å². The van der Waals surface area contributed by atoms with Crippen LogP contribution in [0.4, 0.5) is 5.13 Å². The van der Waals surface area contributed by atoms with Crippen LogP contribution in [0.1, 0.15) is 17.9 Å². The molecule has 1 aliphatic rings. The number of thiazole rings is 1. The van der Waals surface area contributed by atoms with Crippen molar-refractivity contribution in [2.45, 2.75) is 12.3 Å². The SMILES string of the molecule is Brc1csc(N2CCC(c3ccccc3)C2)n1. The molecule has 0 aliphatic carbocycles. The van der Waals surface area contributed by atoms with Crippen LogP contribution in [-0.2, 0) is 0 Å². The van der Waals surface area contributed by atoms with Gasteiger partial charge >= 0.3 is 0 Å². The predicted molar refractivity (Wildman–Crippen MR) is 75.8 cm³/mol. The Morgan fingerprint density at radius 2 is 2.12 bits per heavy atom. The highest BCUT2D eigenvalue weighted by Gasteiger charge is 2.25. The summed E-state index contributed by atoms with van der Waals surface area (Å²) in [5, 5.41) is 3.18. The van der Waals surface area contributed by atoms with E-state index in [-0.39, 0.29) is 0 Å². The van der Waals surface area contributed by atoms with Crippen molar-refractivity contribution in [1.82, 2.24) is 4.98 Å².